The molecule has 0 fully saturated rings. The molecule has 2 amide bonds. The molecule has 5 nitrogen and oxygen atoms in total. The summed E-state index contributed by atoms with van der Waals surface area (Å²) < 4.78 is 0. The fourth-order valence-electron chi connectivity index (χ4n) is 1.01. The maximum absolute atomic E-state index is 10.9. The van der Waals surface area contributed by atoms with E-state index in [4.69, 9.17) is 11.6 Å². The maximum Gasteiger partial charge on any atom is 0.333 e. The van der Waals surface area contributed by atoms with Gasteiger partial charge in [-0.15, -0.1) is 0 Å². The van der Waals surface area contributed by atoms with E-state index in [2.05, 4.69) is 27.7 Å². The first-order valence-corrected chi connectivity index (χ1v) is 5.01. The third kappa shape index (κ3) is 4.18. The van der Waals surface area contributed by atoms with Crippen molar-refractivity contribution < 1.29 is 4.79 Å². The zero-order valence-electron chi connectivity index (χ0n) is 8.88. The number of hydrogen-bond acceptors (Lipinski definition) is 3. The van der Waals surface area contributed by atoms with Crippen molar-refractivity contribution in [1.29, 1.82) is 0 Å². The monoisotopic (exact) mass is 240 g/mol. The minimum Gasteiger partial charge on any atom is -0.340 e. The molecule has 0 saturated carbocycles. The molecule has 3 N–H and O–H groups in total. The van der Waals surface area contributed by atoms with Crippen LogP contribution in [0.4, 0.5) is 4.79 Å². The van der Waals surface area contributed by atoms with Crippen LogP contribution in [0.5, 0.6) is 0 Å². The number of amides is 2. The summed E-state index contributed by atoms with van der Waals surface area (Å²) in [6.07, 6.45) is 2.23. The number of urea groups is 1. The Labute approximate surface area is 98.9 Å². The summed E-state index contributed by atoms with van der Waals surface area (Å²) in [5.74, 6) is 0. The van der Waals surface area contributed by atoms with Gasteiger partial charge in [0.25, 0.3) is 0 Å². The number of nitrogens with one attached hydrogen (secondary N) is 3. The van der Waals surface area contributed by atoms with E-state index in [0.717, 1.165) is 5.56 Å². The van der Waals surface area contributed by atoms with Crippen LogP contribution in [-0.2, 0) is 6.42 Å². The molecule has 0 saturated heterocycles. The number of hydrogen-bond donors (Lipinski definition) is 3. The lowest BCUT2D eigenvalue weighted by atomic mass is 10.2. The van der Waals surface area contributed by atoms with Crippen molar-refractivity contribution in [3.63, 3.8) is 0 Å². The van der Waals surface area contributed by atoms with Crippen molar-refractivity contribution in [1.82, 2.24) is 21.2 Å². The number of hydrazine groups is 1. The Morgan fingerprint density at radius 2 is 2.25 bits per heavy atom. The number of aromatic nitrogens is 1. The van der Waals surface area contributed by atoms with Crippen LogP contribution >= 0.6 is 11.6 Å². The van der Waals surface area contributed by atoms with Gasteiger partial charge < -0.3 is 10.7 Å². The first-order valence-electron chi connectivity index (χ1n) is 4.63. The van der Waals surface area contributed by atoms with Crippen molar-refractivity contribution in [3.05, 3.63) is 41.3 Å². The molecule has 0 aliphatic heterocycles. The van der Waals surface area contributed by atoms with E-state index in [1.165, 1.54) is 7.05 Å². The highest BCUT2D eigenvalue weighted by Crippen LogP contribution is 2.07. The lowest BCUT2D eigenvalue weighted by molar-refractivity contribution is 0.240. The highest BCUT2D eigenvalue weighted by Gasteiger charge is 1.99. The van der Waals surface area contributed by atoms with Crippen LogP contribution in [0, 0.1) is 0 Å². The molecular formula is C10H13ClN4O. The summed E-state index contributed by atoms with van der Waals surface area (Å²) >= 11 is 5.66. The average Bonchev–Trinajstić information content (AvgIpc) is 2.29. The summed E-state index contributed by atoms with van der Waals surface area (Å²) in [5.41, 5.74) is 6.72. The van der Waals surface area contributed by atoms with Crippen molar-refractivity contribution in [2.75, 3.05) is 7.05 Å². The molecule has 1 rings (SSSR count). The van der Waals surface area contributed by atoms with Gasteiger partial charge in [0.1, 0.15) is 5.15 Å². The first kappa shape index (κ1) is 12.3. The quantitative estimate of drug-likeness (QED) is 0.548. The van der Waals surface area contributed by atoms with Crippen molar-refractivity contribution in [3.8, 4) is 0 Å². The lowest BCUT2D eigenvalue weighted by Gasteiger charge is -2.10. The average molecular weight is 241 g/mol. The third-order valence-electron chi connectivity index (χ3n) is 1.79. The third-order valence-corrected chi connectivity index (χ3v) is 2.01. The number of carbonyl (C=O) groups excluding carboxylic acids is 1. The molecule has 6 heteroatoms. The Morgan fingerprint density at radius 3 is 2.81 bits per heavy atom. The van der Waals surface area contributed by atoms with E-state index in [0.29, 0.717) is 17.3 Å². The van der Waals surface area contributed by atoms with Gasteiger partial charge in [-0.3, -0.25) is 5.43 Å². The van der Waals surface area contributed by atoms with Gasteiger partial charge in [0.2, 0.25) is 0 Å². The molecule has 0 aliphatic carbocycles. The van der Waals surface area contributed by atoms with Crippen LogP contribution < -0.4 is 16.2 Å². The minimum atomic E-state index is -0.324. The molecule has 1 heterocycles. The molecule has 0 aromatic carbocycles. The van der Waals surface area contributed by atoms with Crippen LogP contribution in [-0.4, -0.2) is 18.1 Å². The lowest BCUT2D eigenvalue weighted by Crippen LogP contribution is -2.42. The van der Waals surface area contributed by atoms with E-state index >= 15 is 0 Å². The number of carbonyl (C=O) groups is 1. The summed E-state index contributed by atoms with van der Waals surface area (Å²) in [7, 11) is 1.53. The molecule has 0 bridgehead atoms. The molecule has 0 atom stereocenters. The fraction of sp³-hybridized carbons (Fsp3) is 0.200. The minimum absolute atomic E-state index is 0.324. The maximum atomic E-state index is 10.9. The Bertz CT molecular complexity index is 377. The molecule has 1 aromatic rings. The number of halogens is 1. The Hall–Kier alpha value is -1.75. The molecule has 86 valence electrons. The topological polar surface area (TPSA) is 66.0 Å². The zero-order valence-corrected chi connectivity index (χ0v) is 9.64. The van der Waals surface area contributed by atoms with Gasteiger partial charge in [-0.2, -0.15) is 0 Å². The van der Waals surface area contributed by atoms with Gasteiger partial charge in [-0.1, -0.05) is 24.2 Å². The van der Waals surface area contributed by atoms with Crippen molar-refractivity contribution in [2.24, 2.45) is 0 Å². The molecule has 0 aliphatic rings. The van der Waals surface area contributed by atoms with E-state index < -0.39 is 0 Å². The predicted molar refractivity (Wildman–Crippen MR) is 62.8 cm³/mol. The van der Waals surface area contributed by atoms with Gasteiger partial charge >= 0.3 is 6.03 Å². The SMILES string of the molecule is C=C(Cc1ccc(Cl)nc1)NNC(=O)NC. The summed E-state index contributed by atoms with van der Waals surface area (Å²) in [6.45, 7) is 3.76. The predicted octanol–water partition coefficient (Wildman–Crippen LogP) is 1.22. The Kier molecular flexibility index (Phi) is 4.60. The van der Waals surface area contributed by atoms with E-state index in [9.17, 15) is 4.79 Å². The molecule has 1 aromatic heterocycles. The number of nitrogens with zero attached hydrogens (tertiary/aromatic N) is 1. The van der Waals surface area contributed by atoms with Gasteiger partial charge in [-0.25, -0.2) is 9.78 Å². The van der Waals surface area contributed by atoms with E-state index in [1.54, 1.807) is 12.3 Å². The summed E-state index contributed by atoms with van der Waals surface area (Å²) in [5, 5.41) is 2.86. The van der Waals surface area contributed by atoms with E-state index in [-0.39, 0.29) is 6.03 Å². The molecule has 0 unspecified atom stereocenters. The standard InChI is InChI=1S/C10H13ClN4O/c1-7(14-15-10(16)12-2)5-8-3-4-9(11)13-6-8/h3-4,6,14H,1,5H2,2H3,(H2,12,15,16). The van der Waals surface area contributed by atoms with Crippen LogP contribution in [0.2, 0.25) is 5.15 Å². The van der Waals surface area contributed by atoms with Crippen molar-refractivity contribution in [2.45, 2.75) is 6.42 Å². The molecular weight excluding hydrogens is 228 g/mol. The van der Waals surface area contributed by atoms with Gasteiger partial charge in [0, 0.05) is 25.4 Å². The molecule has 0 spiro atoms. The van der Waals surface area contributed by atoms with Gasteiger partial charge in [0.15, 0.2) is 0 Å². The normalized spacial score (nSPS) is 9.38. The summed E-state index contributed by atoms with van der Waals surface area (Å²) in [6, 6.07) is 3.23. The van der Waals surface area contributed by atoms with Crippen LogP contribution in [0.25, 0.3) is 0 Å². The fourth-order valence-corrected chi connectivity index (χ4v) is 1.12. The second-order valence-corrected chi connectivity index (χ2v) is 3.49. The Morgan fingerprint density at radius 1 is 1.50 bits per heavy atom. The van der Waals surface area contributed by atoms with Crippen molar-refractivity contribution >= 4 is 17.6 Å². The smallest absolute Gasteiger partial charge is 0.333 e. The largest absolute Gasteiger partial charge is 0.340 e. The highest BCUT2D eigenvalue weighted by atomic mass is 35.5. The summed E-state index contributed by atoms with van der Waals surface area (Å²) in [4.78, 5) is 14.8. The van der Waals surface area contributed by atoms with Gasteiger partial charge in [0.05, 0.1) is 0 Å². The second-order valence-electron chi connectivity index (χ2n) is 3.10. The van der Waals surface area contributed by atoms with Crippen LogP contribution in [0.3, 0.4) is 0 Å². The highest BCUT2D eigenvalue weighted by molar-refractivity contribution is 6.29. The molecule has 16 heavy (non-hydrogen) atoms. The number of rotatable bonds is 4. The second kappa shape index (κ2) is 5.97. The number of pyridine rings is 1. The first-order chi connectivity index (χ1) is 7.61. The van der Waals surface area contributed by atoms with Crippen LogP contribution in [0.15, 0.2) is 30.6 Å². The Balaban J connectivity index is 2.40. The van der Waals surface area contributed by atoms with E-state index in [1.807, 2.05) is 6.07 Å². The van der Waals surface area contributed by atoms with Crippen LogP contribution in [0.1, 0.15) is 5.56 Å². The number of allylic oxidation sites excluding steroid dienone is 1. The van der Waals surface area contributed by atoms with Gasteiger partial charge in [-0.05, 0) is 11.6 Å². The molecule has 0 radical (unpaired) electrons. The zero-order chi connectivity index (χ0) is 12.0.